The van der Waals surface area contributed by atoms with Crippen LogP contribution in [-0.4, -0.2) is 25.5 Å². The van der Waals surface area contributed by atoms with Crippen LogP contribution in [0.3, 0.4) is 0 Å². The minimum atomic E-state index is -5.72. The van der Waals surface area contributed by atoms with Gasteiger partial charge in [-0.05, 0) is 31.0 Å². The van der Waals surface area contributed by atoms with E-state index in [4.69, 9.17) is 0 Å². The van der Waals surface area contributed by atoms with Crippen molar-refractivity contribution >= 4 is 21.7 Å². The van der Waals surface area contributed by atoms with Crippen molar-refractivity contribution in [2.45, 2.75) is 31.2 Å². The smallest absolute Gasteiger partial charge is 0.376 e. The maximum atomic E-state index is 12.2. The van der Waals surface area contributed by atoms with Crippen LogP contribution >= 0.6 is 0 Å². The lowest BCUT2D eigenvalue weighted by Crippen LogP contribution is -2.28. The Morgan fingerprint density at radius 1 is 1.22 bits per heavy atom. The Kier molecular flexibility index (Phi) is 4.52. The number of hydrogen-bond acceptors (Lipinski definition) is 5. The molecule has 1 aromatic carbocycles. The van der Waals surface area contributed by atoms with Crippen molar-refractivity contribution in [1.82, 2.24) is 0 Å². The first-order valence-electron chi connectivity index (χ1n) is 6.67. The highest BCUT2D eigenvalue weighted by atomic mass is 32.2. The zero-order chi connectivity index (χ0) is 17.4. The molecule has 23 heavy (non-hydrogen) atoms. The summed E-state index contributed by atoms with van der Waals surface area (Å²) in [4.78, 5) is 23.3. The molecule has 0 spiro atoms. The lowest BCUT2D eigenvalue weighted by Gasteiger charge is -2.16. The molecule has 0 saturated heterocycles. The lowest BCUT2D eigenvalue weighted by atomic mass is 9.86. The number of rotatable bonds is 4. The van der Waals surface area contributed by atoms with Gasteiger partial charge in [-0.1, -0.05) is 12.1 Å². The summed E-state index contributed by atoms with van der Waals surface area (Å²) in [5, 5.41) is 0. The van der Waals surface area contributed by atoms with Crippen LogP contribution in [0, 0.1) is 5.92 Å². The Morgan fingerprint density at radius 3 is 2.26 bits per heavy atom. The molecule has 0 N–H and O–H groups in total. The van der Waals surface area contributed by atoms with Crippen LogP contribution in [0.2, 0.25) is 0 Å². The number of benzene rings is 1. The highest BCUT2D eigenvalue weighted by Gasteiger charge is 2.48. The van der Waals surface area contributed by atoms with E-state index in [0.29, 0.717) is 12.0 Å². The largest absolute Gasteiger partial charge is 0.534 e. The van der Waals surface area contributed by atoms with Crippen molar-refractivity contribution in [3.63, 3.8) is 0 Å². The number of hydrogen-bond donors (Lipinski definition) is 0. The van der Waals surface area contributed by atoms with Crippen LogP contribution in [0.5, 0.6) is 5.75 Å². The van der Waals surface area contributed by atoms with Crippen LogP contribution < -0.4 is 4.18 Å². The normalized spacial score (nSPS) is 22.2. The van der Waals surface area contributed by atoms with Crippen molar-refractivity contribution in [3.8, 4) is 5.75 Å². The average Bonchev–Trinajstić information content (AvgIpc) is 2.80. The summed E-state index contributed by atoms with van der Waals surface area (Å²) < 4.78 is 62.5. The first-order valence-corrected chi connectivity index (χ1v) is 8.07. The van der Waals surface area contributed by atoms with E-state index >= 15 is 0 Å². The summed E-state index contributed by atoms with van der Waals surface area (Å²) in [5.74, 6) is -2.04. The van der Waals surface area contributed by atoms with Gasteiger partial charge in [0.25, 0.3) is 0 Å². The molecule has 1 fully saturated rings. The van der Waals surface area contributed by atoms with E-state index < -0.39 is 27.3 Å². The second-order valence-corrected chi connectivity index (χ2v) is 6.79. The third-order valence-corrected chi connectivity index (χ3v) is 4.67. The van der Waals surface area contributed by atoms with Gasteiger partial charge in [0.1, 0.15) is 17.3 Å². The molecule has 9 heteroatoms. The van der Waals surface area contributed by atoms with E-state index in [1.54, 1.807) is 0 Å². The van der Waals surface area contributed by atoms with Crippen LogP contribution in [0.4, 0.5) is 13.2 Å². The zero-order valence-electron chi connectivity index (χ0n) is 12.0. The van der Waals surface area contributed by atoms with E-state index in [2.05, 4.69) is 4.18 Å². The number of alkyl halides is 3. The SMILES string of the molecule is CC(=O)C1C(=O)CC[C@@H]1c1ccc(OS(=O)(=O)C(F)(F)F)cc1. The van der Waals surface area contributed by atoms with E-state index in [9.17, 15) is 31.2 Å². The van der Waals surface area contributed by atoms with E-state index in [-0.39, 0.29) is 23.9 Å². The molecule has 0 aliphatic heterocycles. The molecule has 1 saturated carbocycles. The summed E-state index contributed by atoms with van der Waals surface area (Å²) in [6.07, 6.45) is 0.722. The molecule has 1 aliphatic carbocycles. The quantitative estimate of drug-likeness (QED) is 0.474. The highest BCUT2D eigenvalue weighted by molar-refractivity contribution is 7.88. The van der Waals surface area contributed by atoms with Gasteiger partial charge in [0.05, 0.1) is 5.92 Å². The highest BCUT2D eigenvalue weighted by Crippen LogP contribution is 2.38. The Bertz CT molecular complexity index is 722. The average molecular weight is 350 g/mol. The van der Waals surface area contributed by atoms with Gasteiger partial charge < -0.3 is 4.18 Å². The number of carbonyl (C=O) groups is 2. The molecular weight excluding hydrogens is 337 g/mol. The number of ketones is 2. The molecule has 1 aliphatic rings. The third-order valence-electron chi connectivity index (χ3n) is 3.69. The fourth-order valence-electron chi connectivity index (χ4n) is 2.66. The van der Waals surface area contributed by atoms with Gasteiger partial charge in [0, 0.05) is 12.3 Å². The topological polar surface area (TPSA) is 77.5 Å². The minimum Gasteiger partial charge on any atom is -0.376 e. The molecule has 1 unspecified atom stereocenters. The van der Waals surface area contributed by atoms with Gasteiger partial charge in [0.2, 0.25) is 0 Å². The number of carbonyl (C=O) groups excluding carboxylic acids is 2. The number of halogens is 3. The lowest BCUT2D eigenvalue weighted by molar-refractivity contribution is -0.130. The zero-order valence-corrected chi connectivity index (χ0v) is 12.8. The van der Waals surface area contributed by atoms with Crippen LogP contribution in [0.25, 0.3) is 0 Å². The van der Waals surface area contributed by atoms with E-state index in [0.717, 1.165) is 12.1 Å². The second-order valence-electron chi connectivity index (χ2n) is 5.25. The number of Topliss-reactive ketones (excluding diaryl/α,β-unsaturated/α-hetero) is 2. The molecule has 2 rings (SSSR count). The molecule has 0 heterocycles. The summed E-state index contributed by atoms with van der Waals surface area (Å²) in [6, 6.07) is 4.86. The predicted molar refractivity (Wildman–Crippen MR) is 73.2 cm³/mol. The molecule has 1 aromatic rings. The van der Waals surface area contributed by atoms with E-state index in [1.165, 1.54) is 19.1 Å². The molecular formula is C14H13F3O5S. The molecule has 0 bridgehead atoms. The van der Waals surface area contributed by atoms with Gasteiger partial charge in [-0.2, -0.15) is 21.6 Å². The third kappa shape index (κ3) is 3.54. The van der Waals surface area contributed by atoms with Crippen molar-refractivity contribution in [3.05, 3.63) is 29.8 Å². The van der Waals surface area contributed by atoms with Gasteiger partial charge in [-0.25, -0.2) is 0 Å². The molecule has 0 aromatic heterocycles. The summed E-state index contributed by atoms with van der Waals surface area (Å²) in [5.41, 5.74) is -4.93. The standard InChI is InChI=1S/C14H13F3O5S/c1-8(18)13-11(6-7-12(13)19)9-2-4-10(5-3-9)22-23(20,21)14(15,16)17/h2-5,11,13H,6-7H2,1H3/t11-,13?/m1/s1. The maximum Gasteiger partial charge on any atom is 0.534 e. The summed E-state index contributed by atoms with van der Waals surface area (Å²) >= 11 is 0. The van der Waals surface area contributed by atoms with Crippen LogP contribution in [0.15, 0.2) is 24.3 Å². The Balaban J connectivity index is 2.21. The van der Waals surface area contributed by atoms with E-state index in [1.807, 2.05) is 0 Å². The van der Waals surface area contributed by atoms with Gasteiger partial charge in [-0.3, -0.25) is 9.59 Å². The van der Waals surface area contributed by atoms with Crippen molar-refractivity contribution in [1.29, 1.82) is 0 Å². The Labute approximate surface area is 130 Å². The van der Waals surface area contributed by atoms with Crippen molar-refractivity contribution in [2.24, 2.45) is 5.92 Å². The fraction of sp³-hybridized carbons (Fsp3) is 0.429. The molecule has 5 nitrogen and oxygen atoms in total. The molecule has 0 amide bonds. The maximum absolute atomic E-state index is 12.2. The van der Waals surface area contributed by atoms with Gasteiger partial charge in [-0.15, -0.1) is 0 Å². The first-order chi connectivity index (χ1) is 10.5. The molecule has 126 valence electrons. The van der Waals surface area contributed by atoms with Gasteiger partial charge in [0.15, 0.2) is 0 Å². The predicted octanol–water partition coefficient (Wildman–Crippen LogP) is 2.57. The van der Waals surface area contributed by atoms with Gasteiger partial charge >= 0.3 is 15.6 Å². The monoisotopic (exact) mass is 350 g/mol. The molecule has 2 atom stereocenters. The summed E-state index contributed by atoms with van der Waals surface area (Å²) in [7, 11) is -5.72. The second kappa shape index (κ2) is 5.95. The van der Waals surface area contributed by atoms with Crippen molar-refractivity contribution < 1.29 is 35.4 Å². The Morgan fingerprint density at radius 2 is 1.78 bits per heavy atom. The van der Waals surface area contributed by atoms with Crippen molar-refractivity contribution in [2.75, 3.05) is 0 Å². The Hall–Kier alpha value is -1.90. The summed E-state index contributed by atoms with van der Waals surface area (Å²) in [6.45, 7) is 1.31. The van der Waals surface area contributed by atoms with Crippen LogP contribution in [0.1, 0.15) is 31.2 Å². The van der Waals surface area contributed by atoms with Crippen LogP contribution in [-0.2, 0) is 19.7 Å². The first kappa shape index (κ1) is 17.5. The fourth-order valence-corrected chi connectivity index (χ4v) is 3.12. The minimum absolute atomic E-state index is 0.164. The molecule has 0 radical (unpaired) electrons.